The van der Waals surface area contributed by atoms with Crippen molar-refractivity contribution in [3.63, 3.8) is 0 Å². The Kier molecular flexibility index (Phi) is 3.18. The number of carbonyl (C=O) groups excluding carboxylic acids is 2. The van der Waals surface area contributed by atoms with E-state index < -0.39 is 0 Å². The van der Waals surface area contributed by atoms with Crippen molar-refractivity contribution in [1.82, 2.24) is 4.98 Å². The molecule has 0 amide bonds. The van der Waals surface area contributed by atoms with Crippen molar-refractivity contribution in [3.8, 4) is 0 Å². The second-order valence-electron chi connectivity index (χ2n) is 6.43. The first kappa shape index (κ1) is 16.0. The molecule has 1 aliphatic rings. The van der Waals surface area contributed by atoms with Crippen LogP contribution in [0.2, 0.25) is 0 Å². The lowest BCUT2D eigenvalue weighted by atomic mass is 9.82. The number of pyridine rings is 1. The van der Waals surface area contributed by atoms with Gasteiger partial charge in [-0.1, -0.05) is 36.4 Å². The molecule has 1 aromatic heterocycles. The van der Waals surface area contributed by atoms with Crippen LogP contribution in [-0.4, -0.2) is 16.6 Å². The zero-order valence-corrected chi connectivity index (χ0v) is 15.4. The molecule has 6 heteroatoms. The third-order valence-corrected chi connectivity index (χ3v) is 5.83. The topological polar surface area (TPSA) is 93.0 Å². The molecular formula is C21H11BrN2O3. The van der Waals surface area contributed by atoms with Gasteiger partial charge < -0.3 is 10.7 Å². The number of carbonyl (C=O) groups is 2. The number of H-pyrrole nitrogens is 1. The molecule has 1 heterocycles. The monoisotopic (exact) mass is 418 g/mol. The van der Waals surface area contributed by atoms with Crippen LogP contribution in [0.4, 0.5) is 5.69 Å². The highest BCUT2D eigenvalue weighted by Gasteiger charge is 2.35. The molecule has 0 spiro atoms. The number of anilines is 1. The SMILES string of the molecule is Nc1c2c(c3[nH]c4ccccc4c(=O)c3c1Br)C(=O)c1ccccc1C2=O. The van der Waals surface area contributed by atoms with Gasteiger partial charge in [0, 0.05) is 22.0 Å². The van der Waals surface area contributed by atoms with Crippen molar-refractivity contribution in [2.24, 2.45) is 0 Å². The van der Waals surface area contributed by atoms with Crippen molar-refractivity contribution < 1.29 is 9.59 Å². The van der Waals surface area contributed by atoms with E-state index in [-0.39, 0.29) is 39.2 Å². The lowest BCUT2D eigenvalue weighted by Gasteiger charge is -2.22. The number of rotatable bonds is 0. The molecular weight excluding hydrogens is 408 g/mol. The first-order chi connectivity index (χ1) is 13.0. The van der Waals surface area contributed by atoms with Crippen molar-refractivity contribution in [3.05, 3.63) is 85.5 Å². The minimum absolute atomic E-state index is 0.103. The summed E-state index contributed by atoms with van der Waals surface area (Å²) in [5.41, 5.74) is 7.89. The van der Waals surface area contributed by atoms with Crippen molar-refractivity contribution in [2.45, 2.75) is 0 Å². The van der Waals surface area contributed by atoms with E-state index in [1.807, 2.05) is 0 Å². The predicted octanol–water partition coefficient (Wildman–Crippen LogP) is 3.80. The van der Waals surface area contributed by atoms with Gasteiger partial charge in [-0.25, -0.2) is 0 Å². The van der Waals surface area contributed by atoms with E-state index in [4.69, 9.17) is 5.73 Å². The number of fused-ring (bicyclic) bond motifs is 5. The van der Waals surface area contributed by atoms with Crippen LogP contribution < -0.4 is 11.2 Å². The van der Waals surface area contributed by atoms with Crippen LogP contribution in [0.25, 0.3) is 21.8 Å². The number of benzene rings is 3. The van der Waals surface area contributed by atoms with Gasteiger partial charge in [-0.3, -0.25) is 14.4 Å². The number of para-hydroxylation sites is 1. The lowest BCUT2D eigenvalue weighted by molar-refractivity contribution is 0.0981. The first-order valence-electron chi connectivity index (χ1n) is 8.24. The lowest BCUT2D eigenvalue weighted by Crippen LogP contribution is -2.24. The van der Waals surface area contributed by atoms with Crippen molar-refractivity contribution in [2.75, 3.05) is 5.73 Å². The molecule has 5 nitrogen and oxygen atoms in total. The quantitative estimate of drug-likeness (QED) is 0.295. The summed E-state index contributed by atoms with van der Waals surface area (Å²) in [6.45, 7) is 0. The zero-order chi connectivity index (χ0) is 18.9. The Morgan fingerprint density at radius 1 is 0.815 bits per heavy atom. The van der Waals surface area contributed by atoms with Crippen LogP contribution in [0.3, 0.4) is 0 Å². The Morgan fingerprint density at radius 2 is 1.41 bits per heavy atom. The number of nitrogens with two attached hydrogens (primary N) is 1. The molecule has 0 unspecified atom stereocenters. The van der Waals surface area contributed by atoms with Crippen LogP contribution in [0.1, 0.15) is 31.8 Å². The molecule has 130 valence electrons. The Bertz CT molecular complexity index is 1400. The summed E-state index contributed by atoms with van der Waals surface area (Å²) < 4.78 is 0.323. The minimum atomic E-state index is -0.325. The summed E-state index contributed by atoms with van der Waals surface area (Å²) >= 11 is 3.38. The second-order valence-corrected chi connectivity index (χ2v) is 7.22. The number of ketones is 2. The Morgan fingerprint density at radius 3 is 2.11 bits per heavy atom. The highest BCUT2D eigenvalue weighted by Crippen LogP contribution is 2.40. The van der Waals surface area contributed by atoms with E-state index in [9.17, 15) is 14.4 Å². The summed E-state index contributed by atoms with van der Waals surface area (Å²) in [6.07, 6.45) is 0. The number of nitrogen functional groups attached to an aromatic ring is 1. The second kappa shape index (κ2) is 5.37. The smallest absolute Gasteiger partial charge is 0.198 e. The third kappa shape index (κ3) is 1.96. The molecule has 0 fully saturated rings. The van der Waals surface area contributed by atoms with E-state index in [0.717, 1.165) is 0 Å². The first-order valence-corrected chi connectivity index (χ1v) is 9.04. The van der Waals surface area contributed by atoms with Gasteiger partial charge in [0.05, 0.1) is 32.2 Å². The average Bonchev–Trinajstić information content (AvgIpc) is 2.69. The van der Waals surface area contributed by atoms with Crippen molar-refractivity contribution >= 4 is 55.0 Å². The Labute approximate surface area is 160 Å². The van der Waals surface area contributed by atoms with Gasteiger partial charge in [0.25, 0.3) is 0 Å². The van der Waals surface area contributed by atoms with Gasteiger partial charge >= 0.3 is 0 Å². The fraction of sp³-hybridized carbons (Fsp3) is 0. The summed E-state index contributed by atoms with van der Waals surface area (Å²) in [5.74, 6) is -0.648. The molecule has 0 atom stereocenters. The Balaban J connectivity index is 2.05. The molecule has 0 saturated heterocycles. The predicted molar refractivity (Wildman–Crippen MR) is 107 cm³/mol. The summed E-state index contributed by atoms with van der Waals surface area (Å²) in [6, 6.07) is 13.7. The van der Waals surface area contributed by atoms with Gasteiger partial charge in [0.1, 0.15) is 0 Å². The average molecular weight is 419 g/mol. The van der Waals surface area contributed by atoms with Gasteiger partial charge in [-0.2, -0.15) is 0 Å². The fourth-order valence-electron chi connectivity index (χ4n) is 3.75. The maximum absolute atomic E-state index is 13.2. The molecule has 5 rings (SSSR count). The summed E-state index contributed by atoms with van der Waals surface area (Å²) in [5, 5.41) is 0.755. The van der Waals surface area contributed by atoms with Gasteiger partial charge in [-0.15, -0.1) is 0 Å². The Hall–Kier alpha value is -3.25. The molecule has 0 saturated carbocycles. The third-order valence-electron chi connectivity index (χ3n) is 5.00. The number of aromatic amines is 1. The van der Waals surface area contributed by atoms with E-state index in [0.29, 0.717) is 32.0 Å². The van der Waals surface area contributed by atoms with E-state index in [1.165, 1.54) is 0 Å². The number of aromatic nitrogens is 1. The number of hydrogen-bond donors (Lipinski definition) is 2. The molecule has 3 aromatic carbocycles. The molecule has 1 aliphatic carbocycles. The summed E-state index contributed by atoms with van der Waals surface area (Å²) in [4.78, 5) is 42.6. The zero-order valence-electron chi connectivity index (χ0n) is 13.8. The molecule has 0 aliphatic heterocycles. The number of nitrogens with one attached hydrogen (secondary N) is 1. The maximum atomic E-state index is 13.2. The number of halogens is 1. The van der Waals surface area contributed by atoms with Crippen LogP contribution >= 0.6 is 15.9 Å². The van der Waals surface area contributed by atoms with Crippen LogP contribution in [0, 0.1) is 0 Å². The van der Waals surface area contributed by atoms with Crippen LogP contribution in [-0.2, 0) is 0 Å². The standard InChI is InChI=1S/C21H11BrN2O3/c22-16-15-18(24-12-8-4-3-7-11(12)21(15)27)14-13(17(16)23)19(25)9-5-1-2-6-10(9)20(14)26/h1-8H,23H2,(H,24,27). The fourth-order valence-corrected chi connectivity index (χ4v) is 4.32. The van der Waals surface area contributed by atoms with E-state index in [1.54, 1.807) is 48.5 Å². The van der Waals surface area contributed by atoms with Gasteiger partial charge in [0.15, 0.2) is 17.0 Å². The molecule has 3 N–H and O–H groups in total. The number of hydrogen-bond acceptors (Lipinski definition) is 4. The van der Waals surface area contributed by atoms with Crippen LogP contribution in [0.5, 0.6) is 0 Å². The largest absolute Gasteiger partial charge is 0.397 e. The molecule has 0 bridgehead atoms. The minimum Gasteiger partial charge on any atom is -0.397 e. The van der Waals surface area contributed by atoms with Crippen LogP contribution in [0.15, 0.2) is 57.8 Å². The maximum Gasteiger partial charge on any atom is 0.198 e. The molecule has 4 aromatic rings. The van der Waals surface area contributed by atoms with E-state index in [2.05, 4.69) is 20.9 Å². The summed E-state index contributed by atoms with van der Waals surface area (Å²) in [7, 11) is 0. The van der Waals surface area contributed by atoms with Gasteiger partial charge in [0.2, 0.25) is 0 Å². The molecule has 27 heavy (non-hydrogen) atoms. The van der Waals surface area contributed by atoms with E-state index >= 15 is 0 Å². The highest BCUT2D eigenvalue weighted by molar-refractivity contribution is 9.10. The van der Waals surface area contributed by atoms with Gasteiger partial charge in [-0.05, 0) is 28.1 Å². The normalized spacial score (nSPS) is 13.1. The van der Waals surface area contributed by atoms with Crippen molar-refractivity contribution in [1.29, 1.82) is 0 Å². The highest BCUT2D eigenvalue weighted by atomic mass is 79.9. The molecule has 0 radical (unpaired) electrons.